The zero-order valence-corrected chi connectivity index (χ0v) is 13.5. The number of nitrogens with one attached hydrogen (secondary N) is 1. The van der Waals surface area contributed by atoms with Crippen LogP contribution in [-0.4, -0.2) is 92.3 Å². The number of urea groups is 1. The third kappa shape index (κ3) is 4.56. The van der Waals surface area contributed by atoms with E-state index in [1.165, 1.54) is 0 Å². The van der Waals surface area contributed by atoms with Crippen molar-refractivity contribution in [2.45, 2.75) is 26.3 Å². The van der Waals surface area contributed by atoms with E-state index < -0.39 is 0 Å². The highest BCUT2D eigenvalue weighted by Crippen LogP contribution is 2.12. The van der Waals surface area contributed by atoms with Gasteiger partial charge < -0.3 is 19.9 Å². The van der Waals surface area contributed by atoms with Gasteiger partial charge >= 0.3 is 6.03 Å². The summed E-state index contributed by atoms with van der Waals surface area (Å²) >= 11 is 0. The lowest BCUT2D eigenvalue weighted by atomic mass is 10.2. The van der Waals surface area contributed by atoms with Crippen molar-refractivity contribution >= 4 is 6.03 Å². The summed E-state index contributed by atoms with van der Waals surface area (Å²) < 4.78 is 5.39. The SMILES string of the molecule is CCN(CC)C(=O)N(CCN1CCOCC1)C1CCNC1. The van der Waals surface area contributed by atoms with E-state index in [9.17, 15) is 4.79 Å². The molecular formula is C15H30N4O2. The van der Waals surface area contributed by atoms with E-state index in [1.807, 2.05) is 4.90 Å². The molecule has 0 aromatic carbocycles. The quantitative estimate of drug-likeness (QED) is 0.773. The molecule has 2 heterocycles. The standard InChI is InChI=1S/C15H30N4O2/c1-3-18(4-2)15(20)19(14-5-6-16-13-14)8-7-17-9-11-21-12-10-17/h14,16H,3-13H2,1-2H3. The van der Waals surface area contributed by atoms with Crippen molar-refractivity contribution in [3.8, 4) is 0 Å². The number of ether oxygens (including phenoxy) is 1. The van der Waals surface area contributed by atoms with Gasteiger partial charge in [-0.05, 0) is 26.8 Å². The molecule has 0 aromatic heterocycles. The molecule has 2 saturated heterocycles. The topological polar surface area (TPSA) is 48.1 Å². The first-order valence-corrected chi connectivity index (χ1v) is 8.32. The van der Waals surface area contributed by atoms with E-state index in [0.717, 1.165) is 72.0 Å². The first kappa shape index (κ1) is 16.5. The van der Waals surface area contributed by atoms with Gasteiger partial charge in [-0.2, -0.15) is 0 Å². The Balaban J connectivity index is 1.92. The highest BCUT2D eigenvalue weighted by atomic mass is 16.5. The summed E-state index contributed by atoms with van der Waals surface area (Å²) in [6.45, 7) is 13.0. The molecule has 0 aliphatic carbocycles. The average molecular weight is 298 g/mol. The van der Waals surface area contributed by atoms with Crippen molar-refractivity contribution in [1.29, 1.82) is 0 Å². The van der Waals surface area contributed by atoms with Crippen molar-refractivity contribution in [2.24, 2.45) is 0 Å². The van der Waals surface area contributed by atoms with E-state index in [4.69, 9.17) is 4.74 Å². The fraction of sp³-hybridized carbons (Fsp3) is 0.933. The van der Waals surface area contributed by atoms with Gasteiger partial charge in [-0.1, -0.05) is 0 Å². The number of amides is 2. The molecule has 1 atom stereocenters. The van der Waals surface area contributed by atoms with Crippen LogP contribution in [0.15, 0.2) is 0 Å². The Bertz CT molecular complexity index is 311. The summed E-state index contributed by atoms with van der Waals surface area (Å²) in [4.78, 5) is 19.2. The molecule has 2 aliphatic heterocycles. The lowest BCUT2D eigenvalue weighted by Gasteiger charge is -2.35. The molecule has 0 bridgehead atoms. The fourth-order valence-electron chi connectivity index (χ4n) is 3.09. The summed E-state index contributed by atoms with van der Waals surface area (Å²) in [7, 11) is 0. The number of morpholine rings is 1. The molecule has 0 aromatic rings. The van der Waals surface area contributed by atoms with Crippen LogP contribution in [0.3, 0.4) is 0 Å². The first-order chi connectivity index (χ1) is 10.3. The molecule has 2 rings (SSSR count). The van der Waals surface area contributed by atoms with Gasteiger partial charge in [-0.3, -0.25) is 4.90 Å². The van der Waals surface area contributed by atoms with E-state index in [1.54, 1.807) is 0 Å². The maximum atomic E-state index is 12.7. The predicted octanol–water partition coefficient (Wildman–Crippen LogP) is 0.444. The van der Waals surface area contributed by atoms with Crippen LogP contribution in [-0.2, 0) is 4.74 Å². The predicted molar refractivity (Wildman–Crippen MR) is 83.6 cm³/mol. The van der Waals surface area contributed by atoms with E-state index >= 15 is 0 Å². The van der Waals surface area contributed by atoms with Gasteiger partial charge in [-0.25, -0.2) is 4.79 Å². The number of nitrogens with zero attached hydrogens (tertiary/aromatic N) is 3. The van der Waals surface area contributed by atoms with Crippen LogP contribution in [0.5, 0.6) is 0 Å². The molecule has 0 saturated carbocycles. The lowest BCUT2D eigenvalue weighted by molar-refractivity contribution is 0.0325. The summed E-state index contributed by atoms with van der Waals surface area (Å²) in [5.41, 5.74) is 0. The van der Waals surface area contributed by atoms with E-state index in [0.29, 0.717) is 6.04 Å². The van der Waals surface area contributed by atoms with E-state index in [-0.39, 0.29) is 6.03 Å². The summed E-state index contributed by atoms with van der Waals surface area (Å²) in [5, 5.41) is 3.37. The Labute approximate surface area is 128 Å². The van der Waals surface area contributed by atoms with Gasteiger partial charge in [0.25, 0.3) is 0 Å². The first-order valence-electron chi connectivity index (χ1n) is 8.32. The van der Waals surface area contributed by atoms with Gasteiger partial charge in [0, 0.05) is 51.9 Å². The molecule has 122 valence electrons. The second-order valence-corrected chi connectivity index (χ2v) is 5.75. The summed E-state index contributed by atoms with van der Waals surface area (Å²) in [5.74, 6) is 0. The molecule has 2 amide bonds. The number of rotatable bonds is 6. The molecule has 6 heteroatoms. The van der Waals surface area contributed by atoms with Crippen LogP contribution in [0.25, 0.3) is 0 Å². The highest BCUT2D eigenvalue weighted by molar-refractivity contribution is 5.74. The minimum absolute atomic E-state index is 0.196. The molecule has 21 heavy (non-hydrogen) atoms. The highest BCUT2D eigenvalue weighted by Gasteiger charge is 2.29. The van der Waals surface area contributed by atoms with Crippen molar-refractivity contribution in [3.63, 3.8) is 0 Å². The van der Waals surface area contributed by atoms with Crippen LogP contribution in [0, 0.1) is 0 Å². The number of hydrogen-bond acceptors (Lipinski definition) is 4. The molecule has 2 fully saturated rings. The second-order valence-electron chi connectivity index (χ2n) is 5.75. The second kappa shape index (κ2) is 8.56. The molecule has 6 nitrogen and oxygen atoms in total. The molecule has 1 unspecified atom stereocenters. The van der Waals surface area contributed by atoms with Crippen molar-refractivity contribution < 1.29 is 9.53 Å². The summed E-state index contributed by atoms with van der Waals surface area (Å²) in [6, 6.07) is 0.543. The van der Waals surface area contributed by atoms with Crippen molar-refractivity contribution in [1.82, 2.24) is 20.0 Å². The third-order valence-electron chi connectivity index (χ3n) is 4.52. The average Bonchev–Trinajstić information content (AvgIpc) is 3.04. The Kier molecular flexibility index (Phi) is 6.73. The van der Waals surface area contributed by atoms with Crippen molar-refractivity contribution in [3.05, 3.63) is 0 Å². The Hall–Kier alpha value is -0.850. The van der Waals surface area contributed by atoms with Crippen LogP contribution in [0.2, 0.25) is 0 Å². The minimum Gasteiger partial charge on any atom is -0.379 e. The lowest BCUT2D eigenvalue weighted by Crippen LogP contribution is -2.52. The maximum Gasteiger partial charge on any atom is 0.320 e. The largest absolute Gasteiger partial charge is 0.379 e. The van der Waals surface area contributed by atoms with Gasteiger partial charge in [0.2, 0.25) is 0 Å². The van der Waals surface area contributed by atoms with Crippen LogP contribution in [0.4, 0.5) is 4.79 Å². The minimum atomic E-state index is 0.196. The molecule has 0 radical (unpaired) electrons. The van der Waals surface area contributed by atoms with Gasteiger partial charge in [0.15, 0.2) is 0 Å². The van der Waals surface area contributed by atoms with E-state index in [2.05, 4.69) is 29.0 Å². The van der Waals surface area contributed by atoms with Gasteiger partial charge in [-0.15, -0.1) is 0 Å². The Morgan fingerprint density at radius 2 is 2.00 bits per heavy atom. The smallest absolute Gasteiger partial charge is 0.320 e. The molecule has 0 spiro atoms. The Morgan fingerprint density at radius 1 is 1.29 bits per heavy atom. The van der Waals surface area contributed by atoms with Gasteiger partial charge in [0.05, 0.1) is 13.2 Å². The van der Waals surface area contributed by atoms with Crippen LogP contribution in [0.1, 0.15) is 20.3 Å². The number of hydrogen-bond donors (Lipinski definition) is 1. The van der Waals surface area contributed by atoms with Crippen LogP contribution >= 0.6 is 0 Å². The monoisotopic (exact) mass is 298 g/mol. The normalized spacial score (nSPS) is 23.2. The van der Waals surface area contributed by atoms with Gasteiger partial charge in [0.1, 0.15) is 0 Å². The number of carbonyl (C=O) groups excluding carboxylic acids is 1. The zero-order valence-electron chi connectivity index (χ0n) is 13.5. The molecular weight excluding hydrogens is 268 g/mol. The maximum absolute atomic E-state index is 12.7. The third-order valence-corrected chi connectivity index (χ3v) is 4.52. The molecule has 1 N–H and O–H groups in total. The summed E-state index contributed by atoms with van der Waals surface area (Å²) in [6.07, 6.45) is 1.07. The van der Waals surface area contributed by atoms with Crippen molar-refractivity contribution in [2.75, 3.05) is 65.6 Å². The number of carbonyl (C=O) groups is 1. The molecule has 2 aliphatic rings. The Morgan fingerprint density at radius 3 is 2.57 bits per heavy atom. The fourth-order valence-corrected chi connectivity index (χ4v) is 3.09. The van der Waals surface area contributed by atoms with Crippen LogP contribution < -0.4 is 5.32 Å². The zero-order chi connectivity index (χ0) is 15.1.